The zero-order chi connectivity index (χ0) is 21.9. The Morgan fingerprint density at radius 1 is 0.812 bits per heavy atom. The Labute approximate surface area is 234 Å². The zero-order valence-corrected chi connectivity index (χ0v) is 24.2. The molecule has 32 heavy (non-hydrogen) atoms. The fourth-order valence-corrected chi connectivity index (χ4v) is 4.00. The quantitative estimate of drug-likeness (QED) is 0.233. The van der Waals surface area contributed by atoms with Crippen molar-refractivity contribution < 1.29 is 96.9 Å². The number of benzene rings is 2. The van der Waals surface area contributed by atoms with E-state index in [1.807, 2.05) is 0 Å². The fraction of sp³-hybridized carbons (Fsp3) is 0.211. The molecule has 9 nitrogen and oxygen atoms in total. The van der Waals surface area contributed by atoms with Crippen molar-refractivity contribution in [2.24, 2.45) is 0 Å². The topological polar surface area (TPSA) is 122 Å². The van der Waals surface area contributed by atoms with Gasteiger partial charge in [-0.05, 0) is 41.4 Å². The maximum atomic E-state index is 11.1. The Balaban J connectivity index is 0.00000256. The molecule has 1 aromatic heterocycles. The number of rotatable bonds is 8. The minimum Gasteiger partial charge on any atom is -0.780 e. The van der Waals surface area contributed by atoms with Gasteiger partial charge in [-0.15, -0.1) is 0 Å². The van der Waals surface area contributed by atoms with E-state index in [0.717, 1.165) is 0 Å². The van der Waals surface area contributed by atoms with Gasteiger partial charge in [0.15, 0.2) is 23.0 Å². The molecule has 3 rings (SSSR count). The molecule has 2 aromatic carbocycles. The Bertz CT molecular complexity index is 1080. The third kappa shape index (κ3) is 6.64. The van der Waals surface area contributed by atoms with Gasteiger partial charge in [-0.1, -0.05) is 6.07 Å². The number of phosphoric ester groups is 1. The number of hydrogen-bond donors (Lipinski definition) is 0. The van der Waals surface area contributed by atoms with Crippen molar-refractivity contribution in [2.45, 2.75) is 0 Å². The number of aromatic nitrogens is 1. The van der Waals surface area contributed by atoms with E-state index in [1.165, 1.54) is 52.1 Å². The molecule has 0 amide bonds. The first-order chi connectivity index (χ1) is 14.3. The van der Waals surface area contributed by atoms with Gasteiger partial charge < -0.3 is 37.8 Å². The standard InChI is InChI=1S/C19H20NO8PS.2Na/c1-24-14-6-5-11(7-15(14)28-29(21,22)23)13-10-30-20-18(13)12-8-16(25-2)19(27-4)17(9-12)26-3;;/h5-10H,1-4H3,(H2,21,22,23);;/q;2*+1/p-2. The molecule has 1 heterocycles. The van der Waals surface area contributed by atoms with Gasteiger partial charge in [-0.2, -0.15) is 4.37 Å². The third-order valence-electron chi connectivity index (χ3n) is 4.19. The van der Waals surface area contributed by atoms with Gasteiger partial charge in [0, 0.05) is 16.5 Å². The summed E-state index contributed by atoms with van der Waals surface area (Å²) in [5, 5.41) is 1.79. The van der Waals surface area contributed by atoms with E-state index < -0.39 is 7.82 Å². The van der Waals surface area contributed by atoms with Gasteiger partial charge in [0.25, 0.3) is 0 Å². The van der Waals surface area contributed by atoms with Gasteiger partial charge in [-0.25, -0.2) is 0 Å². The first-order valence-electron chi connectivity index (χ1n) is 8.46. The summed E-state index contributed by atoms with van der Waals surface area (Å²) in [6, 6.07) is 8.13. The predicted octanol–water partition coefficient (Wildman–Crippen LogP) is -3.27. The average molecular weight is 497 g/mol. The van der Waals surface area contributed by atoms with Gasteiger partial charge in [0.1, 0.15) is 7.82 Å². The zero-order valence-electron chi connectivity index (χ0n) is 18.5. The minimum atomic E-state index is -5.26. The summed E-state index contributed by atoms with van der Waals surface area (Å²) < 4.78 is 41.3. The van der Waals surface area contributed by atoms with E-state index in [4.69, 9.17) is 18.9 Å². The molecule has 0 unspecified atom stereocenters. The van der Waals surface area contributed by atoms with Gasteiger partial charge >= 0.3 is 59.1 Å². The molecular formula is C19H18NNa2O8PS. The van der Waals surface area contributed by atoms with E-state index in [1.54, 1.807) is 23.6 Å². The van der Waals surface area contributed by atoms with Crippen molar-refractivity contribution in [2.75, 3.05) is 28.4 Å². The normalized spacial score (nSPS) is 10.4. The molecule has 0 radical (unpaired) electrons. The van der Waals surface area contributed by atoms with Crippen molar-refractivity contribution in [3.63, 3.8) is 0 Å². The molecular weight excluding hydrogens is 479 g/mol. The maximum Gasteiger partial charge on any atom is 1.00 e. The Hall–Kier alpha value is -0.780. The average Bonchev–Trinajstić information content (AvgIpc) is 3.21. The number of methoxy groups -OCH3 is 4. The van der Waals surface area contributed by atoms with E-state index >= 15 is 0 Å². The molecule has 0 N–H and O–H groups in total. The van der Waals surface area contributed by atoms with Crippen LogP contribution >= 0.6 is 19.4 Å². The van der Waals surface area contributed by atoms with Gasteiger partial charge in [0.05, 0.1) is 34.1 Å². The number of nitrogens with zero attached hydrogens (tertiary/aromatic N) is 1. The van der Waals surface area contributed by atoms with Crippen LogP contribution in [0.2, 0.25) is 0 Å². The van der Waals surface area contributed by atoms with Gasteiger partial charge in [0.2, 0.25) is 5.75 Å². The summed E-state index contributed by atoms with van der Waals surface area (Å²) >= 11 is 1.21. The molecule has 13 heteroatoms. The Kier molecular flexibility index (Phi) is 11.5. The summed E-state index contributed by atoms with van der Waals surface area (Å²) in [4.78, 5) is 22.2. The van der Waals surface area contributed by atoms with Crippen LogP contribution in [0.1, 0.15) is 0 Å². The third-order valence-corrected chi connectivity index (χ3v) is 5.24. The number of ether oxygens (including phenoxy) is 4. The summed E-state index contributed by atoms with van der Waals surface area (Å²) in [5.41, 5.74) is 2.56. The van der Waals surface area contributed by atoms with Crippen LogP contribution in [-0.4, -0.2) is 32.8 Å². The van der Waals surface area contributed by atoms with Crippen LogP contribution in [0.4, 0.5) is 0 Å². The molecule has 0 aliphatic carbocycles. The largest absolute Gasteiger partial charge is 1.00 e. The second-order valence-corrected chi connectivity index (χ2v) is 7.60. The summed E-state index contributed by atoms with van der Waals surface area (Å²) in [6.07, 6.45) is 0. The van der Waals surface area contributed by atoms with Crippen LogP contribution in [0.5, 0.6) is 28.7 Å². The van der Waals surface area contributed by atoms with E-state index in [9.17, 15) is 14.4 Å². The summed E-state index contributed by atoms with van der Waals surface area (Å²) in [5.74, 6) is 1.28. The van der Waals surface area contributed by atoms with Crippen LogP contribution in [0.3, 0.4) is 0 Å². The maximum absolute atomic E-state index is 11.1. The smallest absolute Gasteiger partial charge is 0.780 e. The van der Waals surface area contributed by atoms with Crippen molar-refractivity contribution in [3.8, 4) is 51.1 Å². The van der Waals surface area contributed by atoms with Crippen LogP contribution < -0.4 is 92.4 Å². The van der Waals surface area contributed by atoms with Crippen LogP contribution in [0.15, 0.2) is 35.7 Å². The fourth-order valence-electron chi connectivity index (χ4n) is 2.90. The first kappa shape index (κ1) is 29.3. The van der Waals surface area contributed by atoms with Gasteiger partial charge in [-0.3, -0.25) is 0 Å². The SMILES string of the molecule is COc1ccc(-c2csnc2-c2cc(OC)c(OC)c(OC)c2)cc1OP(=O)([O-])[O-].[Na+].[Na+]. The molecule has 0 bridgehead atoms. The monoisotopic (exact) mass is 497 g/mol. The molecule has 0 saturated carbocycles. The van der Waals surface area contributed by atoms with Crippen LogP contribution in [0, 0.1) is 0 Å². The van der Waals surface area contributed by atoms with E-state index in [-0.39, 0.29) is 70.6 Å². The molecule has 0 atom stereocenters. The van der Waals surface area contributed by atoms with E-state index in [2.05, 4.69) is 8.90 Å². The first-order valence-corrected chi connectivity index (χ1v) is 10.8. The minimum absolute atomic E-state index is 0. The Morgan fingerprint density at radius 2 is 1.38 bits per heavy atom. The second-order valence-electron chi connectivity index (χ2n) is 5.89. The van der Waals surface area contributed by atoms with Crippen molar-refractivity contribution in [1.29, 1.82) is 0 Å². The van der Waals surface area contributed by atoms with Crippen LogP contribution in [-0.2, 0) is 4.57 Å². The van der Waals surface area contributed by atoms with Crippen molar-refractivity contribution in [1.82, 2.24) is 4.37 Å². The van der Waals surface area contributed by atoms with Crippen molar-refractivity contribution >= 4 is 19.4 Å². The molecule has 160 valence electrons. The van der Waals surface area contributed by atoms with Crippen molar-refractivity contribution in [3.05, 3.63) is 35.7 Å². The summed E-state index contributed by atoms with van der Waals surface area (Å²) in [6.45, 7) is 0. The summed E-state index contributed by atoms with van der Waals surface area (Å²) in [7, 11) is 0.618. The molecule has 0 saturated heterocycles. The number of phosphoric acid groups is 1. The van der Waals surface area contributed by atoms with Crippen LogP contribution in [0.25, 0.3) is 22.4 Å². The molecule has 0 fully saturated rings. The molecule has 0 aliphatic rings. The Morgan fingerprint density at radius 3 is 1.88 bits per heavy atom. The predicted molar refractivity (Wildman–Crippen MR) is 107 cm³/mol. The molecule has 3 aromatic rings. The number of hydrogen-bond acceptors (Lipinski definition) is 10. The molecule has 0 spiro atoms. The van der Waals surface area contributed by atoms with E-state index in [0.29, 0.717) is 39.6 Å². The second kappa shape index (κ2) is 12.6. The molecule has 0 aliphatic heterocycles.